The molecule has 0 aliphatic heterocycles. The zero-order valence-electron chi connectivity index (χ0n) is 9.49. The number of alkyl halides is 3. The van der Waals surface area contributed by atoms with E-state index < -0.39 is 17.7 Å². The lowest BCUT2D eigenvalue weighted by Crippen LogP contribution is -2.26. The van der Waals surface area contributed by atoms with Gasteiger partial charge in [0.1, 0.15) is 0 Å². The van der Waals surface area contributed by atoms with Gasteiger partial charge < -0.3 is 17.2 Å². The third kappa shape index (κ3) is 3.65. The van der Waals surface area contributed by atoms with Crippen LogP contribution >= 0.6 is 0 Å². The summed E-state index contributed by atoms with van der Waals surface area (Å²) < 4.78 is 38.1. The molecule has 0 unspecified atom stereocenters. The van der Waals surface area contributed by atoms with Gasteiger partial charge in [-0.05, 0) is 24.6 Å². The number of aliphatic imine (C=N–C) groups is 2. The van der Waals surface area contributed by atoms with Gasteiger partial charge in [-0.2, -0.15) is 18.2 Å². The van der Waals surface area contributed by atoms with Gasteiger partial charge in [-0.3, -0.25) is 0 Å². The van der Waals surface area contributed by atoms with Crippen molar-refractivity contribution in [1.29, 1.82) is 0 Å². The van der Waals surface area contributed by atoms with Crippen LogP contribution in [0.2, 0.25) is 0 Å². The van der Waals surface area contributed by atoms with Crippen molar-refractivity contribution in [1.82, 2.24) is 0 Å². The number of benzene rings is 1. The van der Waals surface area contributed by atoms with Gasteiger partial charge >= 0.3 is 6.18 Å². The Morgan fingerprint density at radius 3 is 2.28 bits per heavy atom. The van der Waals surface area contributed by atoms with Crippen molar-refractivity contribution in [3.63, 3.8) is 0 Å². The molecule has 0 saturated heterocycles. The van der Waals surface area contributed by atoms with Crippen molar-refractivity contribution < 1.29 is 13.2 Å². The summed E-state index contributed by atoms with van der Waals surface area (Å²) in [6, 6.07) is 3.51. The van der Waals surface area contributed by atoms with Gasteiger partial charge in [0.15, 0.2) is 5.96 Å². The first-order valence-electron chi connectivity index (χ1n) is 4.82. The highest BCUT2D eigenvalue weighted by Gasteiger charge is 2.33. The molecule has 1 rings (SSSR count). The predicted molar refractivity (Wildman–Crippen MR) is 63.3 cm³/mol. The molecule has 5 nitrogen and oxygen atoms in total. The molecular weight excluding hydrogens is 247 g/mol. The van der Waals surface area contributed by atoms with Crippen LogP contribution in [-0.2, 0) is 6.18 Å². The summed E-state index contributed by atoms with van der Waals surface area (Å²) in [6.45, 7) is 1.63. The smallest absolute Gasteiger partial charge is 0.370 e. The summed E-state index contributed by atoms with van der Waals surface area (Å²) in [5, 5.41) is 0. The minimum Gasteiger partial charge on any atom is -0.370 e. The third-order valence-corrected chi connectivity index (χ3v) is 1.94. The number of nitrogens with two attached hydrogens (primary N) is 3. The summed E-state index contributed by atoms with van der Waals surface area (Å²) in [6.07, 6.45) is -4.52. The highest BCUT2D eigenvalue weighted by molar-refractivity contribution is 5.93. The third-order valence-electron chi connectivity index (χ3n) is 1.94. The fourth-order valence-corrected chi connectivity index (χ4v) is 1.25. The molecule has 0 amide bonds. The summed E-state index contributed by atoms with van der Waals surface area (Å²) in [5.41, 5.74) is 14.8. The zero-order chi connectivity index (χ0) is 13.9. The van der Waals surface area contributed by atoms with E-state index in [4.69, 9.17) is 17.2 Å². The molecule has 1 aromatic rings. The van der Waals surface area contributed by atoms with Crippen LogP contribution in [0.5, 0.6) is 0 Å². The van der Waals surface area contributed by atoms with Crippen LogP contribution in [0.4, 0.5) is 18.9 Å². The lowest BCUT2D eigenvalue weighted by molar-refractivity contribution is -0.137. The van der Waals surface area contributed by atoms with Crippen molar-refractivity contribution in [2.45, 2.75) is 13.1 Å². The Morgan fingerprint density at radius 2 is 1.78 bits per heavy atom. The first-order valence-corrected chi connectivity index (χ1v) is 4.82. The van der Waals surface area contributed by atoms with Crippen molar-refractivity contribution in [2.75, 3.05) is 0 Å². The van der Waals surface area contributed by atoms with E-state index in [0.29, 0.717) is 5.56 Å². The average Bonchev–Trinajstić information content (AvgIpc) is 2.13. The Labute approximate surface area is 101 Å². The number of nitrogens with zero attached hydrogens (tertiary/aromatic N) is 2. The van der Waals surface area contributed by atoms with E-state index >= 15 is 0 Å². The fourth-order valence-electron chi connectivity index (χ4n) is 1.25. The van der Waals surface area contributed by atoms with Crippen LogP contribution in [0.15, 0.2) is 28.2 Å². The molecule has 8 heteroatoms. The molecule has 0 aliphatic rings. The monoisotopic (exact) mass is 259 g/mol. The van der Waals surface area contributed by atoms with Crippen molar-refractivity contribution in [3.05, 3.63) is 29.3 Å². The van der Waals surface area contributed by atoms with Crippen molar-refractivity contribution in [2.24, 2.45) is 27.2 Å². The minimum absolute atomic E-state index is 0.329. The Kier molecular flexibility index (Phi) is 3.79. The maximum absolute atomic E-state index is 12.7. The molecule has 6 N–H and O–H groups in total. The van der Waals surface area contributed by atoms with E-state index in [-0.39, 0.29) is 11.6 Å². The molecule has 0 aromatic heterocycles. The Morgan fingerprint density at radius 1 is 1.17 bits per heavy atom. The maximum Gasteiger partial charge on any atom is 0.418 e. The second-order valence-corrected chi connectivity index (χ2v) is 3.53. The van der Waals surface area contributed by atoms with Gasteiger partial charge in [0.05, 0.1) is 11.3 Å². The van der Waals surface area contributed by atoms with Crippen LogP contribution in [0.1, 0.15) is 11.1 Å². The summed E-state index contributed by atoms with van der Waals surface area (Å²) in [7, 11) is 0. The van der Waals surface area contributed by atoms with E-state index in [1.165, 1.54) is 12.1 Å². The Bertz CT molecular complexity index is 501. The first kappa shape index (κ1) is 13.8. The van der Waals surface area contributed by atoms with Gasteiger partial charge in [0, 0.05) is 0 Å². The summed E-state index contributed by atoms with van der Waals surface area (Å²) in [4.78, 5) is 6.91. The Balaban J connectivity index is 3.31. The maximum atomic E-state index is 12.7. The molecule has 1 aromatic carbocycles. The fraction of sp³-hybridized carbons (Fsp3) is 0.200. The van der Waals surface area contributed by atoms with Crippen molar-refractivity contribution >= 4 is 17.6 Å². The molecule has 0 radical (unpaired) electrons. The quantitative estimate of drug-likeness (QED) is 0.522. The molecule has 98 valence electrons. The molecule has 0 heterocycles. The van der Waals surface area contributed by atoms with Gasteiger partial charge in [0.25, 0.3) is 0 Å². The van der Waals surface area contributed by atoms with Crippen LogP contribution in [0.25, 0.3) is 0 Å². The predicted octanol–water partition coefficient (Wildman–Crippen LogP) is 1.23. The van der Waals surface area contributed by atoms with E-state index in [1.54, 1.807) is 6.92 Å². The number of aryl methyl sites for hydroxylation is 1. The molecule has 0 spiro atoms. The number of halogens is 3. The van der Waals surface area contributed by atoms with Crippen molar-refractivity contribution in [3.8, 4) is 0 Å². The summed E-state index contributed by atoms with van der Waals surface area (Å²) in [5.74, 6) is -0.816. The second-order valence-electron chi connectivity index (χ2n) is 3.53. The molecular formula is C10H12F3N5. The van der Waals surface area contributed by atoms with Gasteiger partial charge in [-0.15, -0.1) is 0 Å². The van der Waals surface area contributed by atoms with E-state index in [0.717, 1.165) is 6.07 Å². The van der Waals surface area contributed by atoms with Gasteiger partial charge in [-0.1, -0.05) is 6.07 Å². The Hall–Kier alpha value is -2.25. The second kappa shape index (κ2) is 4.94. The highest BCUT2D eigenvalue weighted by atomic mass is 19.4. The number of hydrogen-bond acceptors (Lipinski definition) is 1. The molecule has 0 aliphatic carbocycles. The van der Waals surface area contributed by atoms with Crippen LogP contribution in [-0.4, -0.2) is 11.9 Å². The topological polar surface area (TPSA) is 103 Å². The molecule has 0 bridgehead atoms. The first-order chi connectivity index (χ1) is 8.20. The number of rotatable bonds is 1. The molecule has 18 heavy (non-hydrogen) atoms. The lowest BCUT2D eigenvalue weighted by atomic mass is 10.1. The van der Waals surface area contributed by atoms with Crippen LogP contribution in [0.3, 0.4) is 0 Å². The van der Waals surface area contributed by atoms with Gasteiger partial charge in [0.2, 0.25) is 5.96 Å². The molecule has 0 atom stereocenters. The SMILES string of the molecule is Cc1ccc(C(F)(F)F)c(N=C(N)N=C(N)N)c1. The molecule has 0 fully saturated rings. The van der Waals surface area contributed by atoms with Crippen LogP contribution < -0.4 is 17.2 Å². The highest BCUT2D eigenvalue weighted by Crippen LogP contribution is 2.36. The van der Waals surface area contributed by atoms with E-state index in [1.807, 2.05) is 0 Å². The van der Waals surface area contributed by atoms with Crippen LogP contribution in [0, 0.1) is 6.92 Å². The average molecular weight is 259 g/mol. The lowest BCUT2D eigenvalue weighted by Gasteiger charge is -2.10. The van der Waals surface area contributed by atoms with Gasteiger partial charge in [-0.25, -0.2) is 4.99 Å². The summed E-state index contributed by atoms with van der Waals surface area (Å²) >= 11 is 0. The van der Waals surface area contributed by atoms with E-state index in [9.17, 15) is 13.2 Å². The number of hydrogen-bond donors (Lipinski definition) is 3. The largest absolute Gasteiger partial charge is 0.418 e. The normalized spacial score (nSPS) is 12.3. The van der Waals surface area contributed by atoms with E-state index in [2.05, 4.69) is 9.98 Å². The number of guanidine groups is 2. The standard InChI is InChI=1S/C10H12F3N5/c1-5-2-3-6(10(11,12)13)7(4-5)17-9(16)18-8(14)15/h2-4H,1H3,(H6,14,15,16,17,18). The zero-order valence-corrected chi connectivity index (χ0v) is 9.49. The minimum atomic E-state index is -4.52. The molecule has 0 saturated carbocycles.